The van der Waals surface area contributed by atoms with E-state index in [2.05, 4.69) is 0 Å². The van der Waals surface area contributed by atoms with Crippen molar-refractivity contribution in [3.63, 3.8) is 0 Å². The van der Waals surface area contributed by atoms with Gasteiger partial charge in [-0.05, 0) is 36.4 Å². The van der Waals surface area contributed by atoms with Gasteiger partial charge in [-0.2, -0.15) is 0 Å². The van der Waals surface area contributed by atoms with E-state index < -0.39 is 0 Å². The summed E-state index contributed by atoms with van der Waals surface area (Å²) >= 11 is 4.93. The van der Waals surface area contributed by atoms with Crippen LogP contribution in [-0.4, -0.2) is 25.1 Å². The molecule has 0 heterocycles. The molecule has 2 aromatic carbocycles. The molecule has 0 bridgehead atoms. The molecular weight excluding hydrogens is 284 g/mol. The van der Waals surface area contributed by atoms with Crippen LogP contribution in [-0.2, 0) is 0 Å². The highest BCUT2D eigenvalue weighted by Gasteiger charge is 2.14. The van der Waals surface area contributed by atoms with E-state index in [1.54, 1.807) is 43.3 Å². The third-order valence-corrected chi connectivity index (χ3v) is 3.39. The minimum Gasteiger partial charge on any atom is -0.497 e. The zero-order valence-corrected chi connectivity index (χ0v) is 12.7. The van der Waals surface area contributed by atoms with Crippen LogP contribution < -0.4 is 15.4 Å². The molecule has 0 radical (unpaired) electrons. The third kappa shape index (κ3) is 3.38. The quantitative estimate of drug-likeness (QED) is 0.882. The number of hydrogen-bond donors (Lipinski definition) is 1. The van der Waals surface area contributed by atoms with Crippen molar-refractivity contribution in [1.29, 1.82) is 0 Å². The number of thiocarbonyl (C=S) groups is 1. The van der Waals surface area contributed by atoms with E-state index in [1.165, 1.54) is 0 Å². The average molecular weight is 300 g/mol. The van der Waals surface area contributed by atoms with Gasteiger partial charge in [0.1, 0.15) is 10.7 Å². The predicted molar refractivity (Wildman–Crippen MR) is 88.1 cm³/mol. The summed E-state index contributed by atoms with van der Waals surface area (Å²) < 4.78 is 5.10. The van der Waals surface area contributed by atoms with Gasteiger partial charge in [-0.1, -0.05) is 24.4 Å². The van der Waals surface area contributed by atoms with E-state index in [1.807, 2.05) is 24.3 Å². The summed E-state index contributed by atoms with van der Waals surface area (Å²) in [6.45, 7) is 0. The molecular formula is C16H16N2O2S. The van der Waals surface area contributed by atoms with Crippen molar-refractivity contribution in [2.75, 3.05) is 19.1 Å². The van der Waals surface area contributed by atoms with E-state index in [4.69, 9.17) is 22.7 Å². The molecule has 0 aliphatic carbocycles. The number of nitrogens with zero attached hydrogens (tertiary/aromatic N) is 1. The number of hydrogen-bond acceptors (Lipinski definition) is 3. The summed E-state index contributed by atoms with van der Waals surface area (Å²) in [4.78, 5) is 14.3. The summed E-state index contributed by atoms with van der Waals surface area (Å²) in [5, 5.41) is 0. The largest absolute Gasteiger partial charge is 0.497 e. The number of carbonyl (C=O) groups excluding carboxylic acids is 1. The summed E-state index contributed by atoms with van der Waals surface area (Å²) in [7, 11) is 3.32. The van der Waals surface area contributed by atoms with Crippen LogP contribution in [0.25, 0.3) is 0 Å². The van der Waals surface area contributed by atoms with Crippen LogP contribution in [0.5, 0.6) is 5.75 Å². The van der Waals surface area contributed by atoms with Gasteiger partial charge in [-0.25, -0.2) is 0 Å². The van der Waals surface area contributed by atoms with Gasteiger partial charge in [0.15, 0.2) is 0 Å². The molecule has 4 nitrogen and oxygen atoms in total. The van der Waals surface area contributed by atoms with Crippen molar-refractivity contribution in [2.24, 2.45) is 5.73 Å². The van der Waals surface area contributed by atoms with E-state index in [0.29, 0.717) is 11.1 Å². The average Bonchev–Trinajstić information content (AvgIpc) is 2.53. The number of ether oxygens (including phenoxy) is 1. The summed E-state index contributed by atoms with van der Waals surface area (Å²) in [5.74, 6) is 0.619. The lowest BCUT2D eigenvalue weighted by Crippen LogP contribution is -2.26. The maximum atomic E-state index is 12.5. The Kier molecular flexibility index (Phi) is 4.55. The van der Waals surface area contributed by atoms with E-state index in [9.17, 15) is 4.79 Å². The Bertz CT molecular complexity index is 668. The second-order valence-electron chi connectivity index (χ2n) is 4.51. The van der Waals surface area contributed by atoms with Gasteiger partial charge >= 0.3 is 0 Å². The van der Waals surface area contributed by atoms with Crippen LogP contribution in [0.15, 0.2) is 48.5 Å². The molecule has 0 saturated heterocycles. The number of rotatable bonds is 4. The number of methoxy groups -OCH3 is 1. The lowest BCUT2D eigenvalue weighted by atomic mass is 10.1. The molecule has 0 spiro atoms. The summed E-state index contributed by atoms with van der Waals surface area (Å²) in [5.41, 5.74) is 7.59. The molecule has 1 amide bonds. The van der Waals surface area contributed by atoms with Crippen molar-refractivity contribution in [3.05, 3.63) is 59.7 Å². The molecule has 0 fully saturated rings. The van der Waals surface area contributed by atoms with Crippen molar-refractivity contribution in [1.82, 2.24) is 0 Å². The van der Waals surface area contributed by atoms with Gasteiger partial charge in [-0.3, -0.25) is 4.79 Å². The van der Waals surface area contributed by atoms with Crippen LogP contribution in [0.4, 0.5) is 5.69 Å². The highest BCUT2D eigenvalue weighted by atomic mass is 32.1. The standard InChI is InChI=1S/C16H16N2O2S/c1-18(13-6-8-14(20-2)9-7-13)16(19)12-5-3-4-11(10-12)15(17)21/h3-10H,1-2H3,(H2,17,21). The summed E-state index contributed by atoms with van der Waals surface area (Å²) in [6, 6.07) is 14.3. The number of nitrogens with two attached hydrogens (primary N) is 1. The molecule has 5 heteroatoms. The second-order valence-corrected chi connectivity index (χ2v) is 4.95. The Morgan fingerprint density at radius 2 is 1.76 bits per heavy atom. The van der Waals surface area contributed by atoms with Crippen LogP contribution in [0, 0.1) is 0 Å². The smallest absolute Gasteiger partial charge is 0.258 e. The first-order valence-electron chi connectivity index (χ1n) is 6.35. The van der Waals surface area contributed by atoms with Gasteiger partial charge in [-0.15, -0.1) is 0 Å². The lowest BCUT2D eigenvalue weighted by molar-refractivity contribution is 0.0993. The second kappa shape index (κ2) is 6.37. The van der Waals surface area contributed by atoms with Crippen molar-refractivity contribution < 1.29 is 9.53 Å². The SMILES string of the molecule is COc1ccc(N(C)C(=O)c2cccc(C(N)=S)c2)cc1. The first kappa shape index (κ1) is 15.0. The fourth-order valence-electron chi connectivity index (χ4n) is 1.92. The van der Waals surface area contributed by atoms with Gasteiger partial charge in [0.25, 0.3) is 5.91 Å². The fourth-order valence-corrected chi connectivity index (χ4v) is 2.05. The molecule has 0 aromatic heterocycles. The van der Waals surface area contributed by atoms with Crippen LogP contribution >= 0.6 is 12.2 Å². The highest BCUT2D eigenvalue weighted by Crippen LogP contribution is 2.20. The molecule has 0 atom stereocenters. The number of amides is 1. The van der Waals surface area contributed by atoms with Gasteiger partial charge in [0.05, 0.1) is 7.11 Å². The van der Waals surface area contributed by atoms with E-state index >= 15 is 0 Å². The number of carbonyl (C=O) groups is 1. The molecule has 2 aromatic rings. The Hall–Kier alpha value is -2.40. The summed E-state index contributed by atoms with van der Waals surface area (Å²) in [6.07, 6.45) is 0. The topological polar surface area (TPSA) is 55.6 Å². The first-order valence-corrected chi connectivity index (χ1v) is 6.75. The van der Waals surface area contributed by atoms with Gasteiger partial charge in [0, 0.05) is 23.9 Å². The van der Waals surface area contributed by atoms with E-state index in [0.717, 1.165) is 11.4 Å². The van der Waals surface area contributed by atoms with Crippen molar-refractivity contribution >= 4 is 28.8 Å². The molecule has 0 saturated carbocycles. The molecule has 2 rings (SSSR count). The Morgan fingerprint density at radius 3 is 2.33 bits per heavy atom. The normalized spacial score (nSPS) is 10.0. The molecule has 108 valence electrons. The minimum absolute atomic E-state index is 0.127. The third-order valence-electron chi connectivity index (χ3n) is 3.16. The lowest BCUT2D eigenvalue weighted by Gasteiger charge is -2.18. The van der Waals surface area contributed by atoms with Gasteiger partial charge in [0.2, 0.25) is 0 Å². The highest BCUT2D eigenvalue weighted by molar-refractivity contribution is 7.80. The monoisotopic (exact) mass is 300 g/mol. The molecule has 0 unspecified atom stereocenters. The minimum atomic E-state index is -0.127. The molecule has 2 N–H and O–H groups in total. The maximum Gasteiger partial charge on any atom is 0.258 e. The van der Waals surface area contributed by atoms with Crippen LogP contribution in [0.3, 0.4) is 0 Å². The van der Waals surface area contributed by atoms with Crippen LogP contribution in [0.1, 0.15) is 15.9 Å². The molecule has 0 aliphatic heterocycles. The van der Waals surface area contributed by atoms with E-state index in [-0.39, 0.29) is 10.9 Å². The van der Waals surface area contributed by atoms with Crippen molar-refractivity contribution in [2.45, 2.75) is 0 Å². The Balaban J connectivity index is 2.25. The molecule has 0 aliphatic rings. The zero-order chi connectivity index (χ0) is 15.4. The Labute approximate surface area is 129 Å². The van der Waals surface area contributed by atoms with Gasteiger partial charge < -0.3 is 15.4 Å². The fraction of sp³-hybridized carbons (Fsp3) is 0.125. The molecule has 21 heavy (non-hydrogen) atoms. The van der Waals surface area contributed by atoms with Crippen LogP contribution in [0.2, 0.25) is 0 Å². The maximum absolute atomic E-state index is 12.5. The number of anilines is 1. The van der Waals surface area contributed by atoms with Crippen molar-refractivity contribution in [3.8, 4) is 5.75 Å². The predicted octanol–water partition coefficient (Wildman–Crippen LogP) is 2.61. The zero-order valence-electron chi connectivity index (χ0n) is 11.9. The first-order chi connectivity index (χ1) is 10.0. The number of benzene rings is 2. The Morgan fingerprint density at radius 1 is 1.14 bits per heavy atom.